The van der Waals surface area contributed by atoms with E-state index in [-0.39, 0.29) is 10.7 Å². The number of halogens is 1. The standard InChI is InChI=1S/C11H20BrNO2/c1-15-8-10(12)7-13-11(14)6-9-4-2-3-5-9/h9-10H,2-8H2,1H3,(H,13,14). The molecule has 4 heteroatoms. The second kappa shape index (κ2) is 7.23. The van der Waals surface area contributed by atoms with Crippen molar-refractivity contribution in [1.29, 1.82) is 0 Å². The summed E-state index contributed by atoms with van der Waals surface area (Å²) < 4.78 is 4.97. The molecule has 1 amide bonds. The van der Waals surface area contributed by atoms with E-state index >= 15 is 0 Å². The van der Waals surface area contributed by atoms with Crippen LogP contribution in [-0.2, 0) is 9.53 Å². The Morgan fingerprint density at radius 1 is 1.53 bits per heavy atom. The first-order chi connectivity index (χ1) is 7.22. The van der Waals surface area contributed by atoms with E-state index < -0.39 is 0 Å². The lowest BCUT2D eigenvalue weighted by molar-refractivity contribution is -0.121. The van der Waals surface area contributed by atoms with Gasteiger partial charge in [-0.2, -0.15) is 0 Å². The summed E-state index contributed by atoms with van der Waals surface area (Å²) in [7, 11) is 1.66. The maximum absolute atomic E-state index is 11.5. The number of carbonyl (C=O) groups excluding carboxylic acids is 1. The highest BCUT2D eigenvalue weighted by Gasteiger charge is 2.18. The predicted molar refractivity (Wildman–Crippen MR) is 64.2 cm³/mol. The molecular weight excluding hydrogens is 258 g/mol. The van der Waals surface area contributed by atoms with E-state index in [1.807, 2.05) is 0 Å². The third-order valence-electron chi connectivity index (χ3n) is 2.82. The molecule has 0 aromatic rings. The molecule has 1 N–H and O–H groups in total. The first kappa shape index (κ1) is 13.0. The van der Waals surface area contributed by atoms with E-state index in [2.05, 4.69) is 21.2 Å². The van der Waals surface area contributed by atoms with Gasteiger partial charge in [-0.3, -0.25) is 4.79 Å². The minimum atomic E-state index is 0.183. The number of methoxy groups -OCH3 is 1. The molecule has 1 atom stereocenters. The summed E-state index contributed by atoms with van der Waals surface area (Å²) in [6, 6.07) is 0. The SMILES string of the molecule is COCC(Br)CNC(=O)CC1CCCC1. The highest BCUT2D eigenvalue weighted by molar-refractivity contribution is 9.09. The number of hydrogen-bond acceptors (Lipinski definition) is 2. The molecule has 1 unspecified atom stereocenters. The van der Waals surface area contributed by atoms with Crippen LogP contribution in [0.4, 0.5) is 0 Å². The Balaban J connectivity index is 2.07. The van der Waals surface area contributed by atoms with Gasteiger partial charge in [-0.05, 0) is 18.8 Å². The Morgan fingerprint density at radius 3 is 2.80 bits per heavy atom. The minimum Gasteiger partial charge on any atom is -0.383 e. The molecular formula is C11H20BrNO2. The van der Waals surface area contributed by atoms with Crippen LogP contribution in [0.5, 0.6) is 0 Å². The van der Waals surface area contributed by atoms with Gasteiger partial charge in [0.2, 0.25) is 5.91 Å². The molecule has 1 fully saturated rings. The normalized spacial score (nSPS) is 19.1. The van der Waals surface area contributed by atoms with E-state index in [0.717, 1.165) is 0 Å². The van der Waals surface area contributed by atoms with Crippen LogP contribution in [0.1, 0.15) is 32.1 Å². The molecule has 0 heterocycles. The van der Waals surface area contributed by atoms with Crippen molar-refractivity contribution < 1.29 is 9.53 Å². The number of amides is 1. The van der Waals surface area contributed by atoms with Crippen LogP contribution in [-0.4, -0.2) is 31.0 Å². The fourth-order valence-corrected chi connectivity index (χ4v) is 2.44. The van der Waals surface area contributed by atoms with Crippen molar-refractivity contribution in [3.05, 3.63) is 0 Å². The van der Waals surface area contributed by atoms with Gasteiger partial charge in [0.25, 0.3) is 0 Å². The van der Waals surface area contributed by atoms with Gasteiger partial charge in [0, 0.05) is 20.1 Å². The van der Waals surface area contributed by atoms with Gasteiger partial charge in [0.1, 0.15) is 0 Å². The maximum atomic E-state index is 11.5. The lowest BCUT2D eigenvalue weighted by Crippen LogP contribution is -2.32. The summed E-state index contributed by atoms with van der Waals surface area (Å²) in [6.07, 6.45) is 5.74. The molecule has 15 heavy (non-hydrogen) atoms. The molecule has 0 spiro atoms. The number of rotatable bonds is 6. The van der Waals surface area contributed by atoms with Gasteiger partial charge < -0.3 is 10.1 Å². The van der Waals surface area contributed by atoms with Crippen molar-refractivity contribution >= 4 is 21.8 Å². The first-order valence-corrected chi connectivity index (χ1v) is 6.53. The van der Waals surface area contributed by atoms with Gasteiger partial charge in [-0.1, -0.05) is 28.8 Å². The molecule has 0 aromatic carbocycles. The molecule has 0 radical (unpaired) electrons. The van der Waals surface area contributed by atoms with Gasteiger partial charge in [0.05, 0.1) is 11.4 Å². The quantitative estimate of drug-likeness (QED) is 0.756. The molecule has 88 valence electrons. The Kier molecular flexibility index (Phi) is 6.25. The highest BCUT2D eigenvalue weighted by atomic mass is 79.9. The molecule has 1 aliphatic carbocycles. The average molecular weight is 278 g/mol. The van der Waals surface area contributed by atoms with Crippen molar-refractivity contribution in [2.45, 2.75) is 36.9 Å². The van der Waals surface area contributed by atoms with E-state index in [9.17, 15) is 4.79 Å². The molecule has 1 rings (SSSR count). The smallest absolute Gasteiger partial charge is 0.220 e. The number of nitrogens with one attached hydrogen (secondary N) is 1. The lowest BCUT2D eigenvalue weighted by Gasteiger charge is -2.12. The number of carbonyl (C=O) groups is 1. The fourth-order valence-electron chi connectivity index (χ4n) is 2.01. The topological polar surface area (TPSA) is 38.3 Å². The lowest BCUT2D eigenvalue weighted by atomic mass is 10.0. The van der Waals surface area contributed by atoms with Crippen molar-refractivity contribution in [3.8, 4) is 0 Å². The van der Waals surface area contributed by atoms with E-state index in [1.165, 1.54) is 25.7 Å². The summed E-state index contributed by atoms with van der Waals surface area (Å²) in [5.41, 5.74) is 0. The van der Waals surface area contributed by atoms with E-state index in [1.54, 1.807) is 7.11 Å². The largest absolute Gasteiger partial charge is 0.383 e. The third-order valence-corrected chi connectivity index (χ3v) is 3.41. The summed E-state index contributed by atoms with van der Waals surface area (Å²) in [5, 5.41) is 2.93. The van der Waals surface area contributed by atoms with Gasteiger partial charge >= 0.3 is 0 Å². The molecule has 0 bridgehead atoms. The Morgan fingerprint density at radius 2 is 2.20 bits per heavy atom. The molecule has 0 aliphatic heterocycles. The number of hydrogen-bond donors (Lipinski definition) is 1. The van der Waals surface area contributed by atoms with Crippen LogP contribution in [0.2, 0.25) is 0 Å². The van der Waals surface area contributed by atoms with E-state index in [0.29, 0.717) is 25.5 Å². The second-order valence-corrected chi connectivity index (χ2v) is 5.51. The maximum Gasteiger partial charge on any atom is 0.220 e. The highest BCUT2D eigenvalue weighted by Crippen LogP contribution is 2.27. The molecule has 0 aromatic heterocycles. The molecule has 1 saturated carbocycles. The van der Waals surface area contributed by atoms with Crippen molar-refractivity contribution in [2.75, 3.05) is 20.3 Å². The Hall–Kier alpha value is -0.0900. The minimum absolute atomic E-state index is 0.183. The van der Waals surface area contributed by atoms with Crippen LogP contribution in [0, 0.1) is 5.92 Å². The number of ether oxygens (including phenoxy) is 1. The number of alkyl halides is 1. The zero-order valence-corrected chi connectivity index (χ0v) is 10.9. The predicted octanol–water partition coefficient (Wildman–Crippen LogP) is 2.09. The third kappa shape index (κ3) is 5.52. The molecule has 1 aliphatic rings. The summed E-state index contributed by atoms with van der Waals surface area (Å²) in [6.45, 7) is 1.28. The second-order valence-electron chi connectivity index (χ2n) is 4.21. The monoisotopic (exact) mass is 277 g/mol. The van der Waals surface area contributed by atoms with Crippen LogP contribution < -0.4 is 5.32 Å². The Labute approximate surface area is 100 Å². The van der Waals surface area contributed by atoms with Crippen molar-refractivity contribution in [3.63, 3.8) is 0 Å². The molecule has 0 saturated heterocycles. The van der Waals surface area contributed by atoms with Gasteiger partial charge in [0.15, 0.2) is 0 Å². The summed E-state index contributed by atoms with van der Waals surface area (Å²) in [4.78, 5) is 11.8. The first-order valence-electron chi connectivity index (χ1n) is 5.62. The fraction of sp³-hybridized carbons (Fsp3) is 0.909. The van der Waals surface area contributed by atoms with Crippen LogP contribution >= 0.6 is 15.9 Å². The van der Waals surface area contributed by atoms with Crippen LogP contribution in [0.3, 0.4) is 0 Å². The Bertz CT molecular complexity index is 193. The van der Waals surface area contributed by atoms with Crippen LogP contribution in [0.15, 0.2) is 0 Å². The zero-order chi connectivity index (χ0) is 11.1. The van der Waals surface area contributed by atoms with Gasteiger partial charge in [-0.15, -0.1) is 0 Å². The van der Waals surface area contributed by atoms with E-state index in [4.69, 9.17) is 4.74 Å². The molecule has 3 nitrogen and oxygen atoms in total. The van der Waals surface area contributed by atoms with Gasteiger partial charge in [-0.25, -0.2) is 0 Å². The average Bonchev–Trinajstić information content (AvgIpc) is 2.68. The zero-order valence-electron chi connectivity index (χ0n) is 9.30. The van der Waals surface area contributed by atoms with Crippen LogP contribution in [0.25, 0.3) is 0 Å². The van der Waals surface area contributed by atoms with Crippen molar-refractivity contribution in [2.24, 2.45) is 5.92 Å². The van der Waals surface area contributed by atoms with Crippen molar-refractivity contribution in [1.82, 2.24) is 5.32 Å². The summed E-state index contributed by atoms with van der Waals surface area (Å²) in [5.74, 6) is 0.809. The summed E-state index contributed by atoms with van der Waals surface area (Å²) >= 11 is 3.44.